The minimum atomic E-state index is -4.89. The van der Waals surface area contributed by atoms with Crippen molar-refractivity contribution in [2.45, 2.75) is 56.4 Å². The highest BCUT2D eigenvalue weighted by Gasteiger charge is 2.74. The summed E-state index contributed by atoms with van der Waals surface area (Å²) < 4.78 is 92.2. The van der Waals surface area contributed by atoms with Gasteiger partial charge in [0.2, 0.25) is 0 Å². The van der Waals surface area contributed by atoms with Gasteiger partial charge in [0.25, 0.3) is 0 Å². The van der Waals surface area contributed by atoms with Crippen LogP contribution in [0, 0.1) is 0 Å². The second kappa shape index (κ2) is 3.73. The molecule has 1 fully saturated rings. The van der Waals surface area contributed by atoms with Gasteiger partial charge in [-0.25, -0.2) is 0 Å². The van der Waals surface area contributed by atoms with Crippen LogP contribution in [0.4, 0.5) is 30.7 Å². The number of ether oxygens (including phenoxy) is 1. The summed E-state index contributed by atoms with van der Waals surface area (Å²) in [6, 6.07) is 0. The fraction of sp³-hybridized carbons (Fsp3) is 1.00. The molecule has 2 atom stereocenters. The van der Waals surface area contributed by atoms with E-state index in [1.807, 2.05) is 0 Å². The highest BCUT2D eigenvalue weighted by Crippen LogP contribution is 2.54. The highest BCUT2D eigenvalue weighted by atomic mass is 19.4. The van der Waals surface area contributed by atoms with Crippen molar-refractivity contribution < 1.29 is 35.5 Å². The monoisotopic (exact) mass is 268 g/mol. The molecule has 1 saturated carbocycles. The number of hydrogen-bond acceptors (Lipinski definition) is 1. The molecule has 0 spiro atoms. The second-order valence-corrected chi connectivity index (χ2v) is 4.22. The van der Waals surface area contributed by atoms with E-state index in [2.05, 4.69) is 4.74 Å². The first kappa shape index (κ1) is 14.5. The van der Waals surface area contributed by atoms with E-state index >= 15 is 0 Å². The van der Waals surface area contributed by atoms with E-state index in [9.17, 15) is 30.7 Å². The lowest BCUT2D eigenvalue weighted by atomic mass is 9.84. The molecule has 0 heterocycles. The lowest BCUT2D eigenvalue weighted by molar-refractivity contribution is -0.385. The van der Waals surface area contributed by atoms with Gasteiger partial charge in [-0.3, -0.25) is 0 Å². The fourth-order valence-corrected chi connectivity index (χ4v) is 1.38. The zero-order valence-electron chi connectivity index (χ0n) is 9.05. The summed E-state index contributed by atoms with van der Waals surface area (Å²) >= 11 is 0. The zero-order valence-corrected chi connectivity index (χ0v) is 9.05. The first-order chi connectivity index (χ1) is 7.37. The van der Waals surface area contributed by atoms with Gasteiger partial charge in [0.1, 0.15) is 6.10 Å². The van der Waals surface area contributed by atoms with Crippen molar-refractivity contribution in [2.24, 2.45) is 0 Å². The van der Waals surface area contributed by atoms with Crippen LogP contribution in [-0.4, -0.2) is 29.7 Å². The van der Waals surface area contributed by atoms with E-state index < -0.39 is 42.6 Å². The van der Waals surface area contributed by atoms with Crippen LogP contribution < -0.4 is 0 Å². The van der Waals surface area contributed by atoms with Crippen LogP contribution >= 0.6 is 0 Å². The van der Waals surface area contributed by atoms with Gasteiger partial charge in [-0.15, -0.1) is 0 Å². The second-order valence-electron chi connectivity index (χ2n) is 4.22. The summed E-state index contributed by atoms with van der Waals surface area (Å²) in [6.45, 7) is 1.65. The quantitative estimate of drug-likeness (QED) is 0.708. The molecule has 1 nitrogen and oxygen atoms in total. The molecule has 0 bridgehead atoms. The Hall–Kier alpha value is -0.530. The van der Waals surface area contributed by atoms with E-state index in [-0.39, 0.29) is 0 Å². The molecular weight excluding hydrogens is 257 g/mol. The third-order valence-corrected chi connectivity index (χ3v) is 3.01. The molecular formula is C9H11F7O. The van der Waals surface area contributed by atoms with Crippen LogP contribution in [0.25, 0.3) is 0 Å². The molecule has 0 amide bonds. The Kier molecular flexibility index (Phi) is 3.19. The van der Waals surface area contributed by atoms with E-state index in [1.54, 1.807) is 0 Å². The lowest BCUT2D eigenvalue weighted by Gasteiger charge is -2.47. The van der Waals surface area contributed by atoms with Gasteiger partial charge < -0.3 is 4.74 Å². The van der Waals surface area contributed by atoms with Gasteiger partial charge in [0, 0.05) is 0 Å². The first-order valence-electron chi connectivity index (χ1n) is 4.87. The normalized spacial score (nSPS) is 30.5. The molecule has 1 rings (SSSR count). The molecule has 17 heavy (non-hydrogen) atoms. The Morgan fingerprint density at radius 1 is 1.18 bits per heavy atom. The summed E-state index contributed by atoms with van der Waals surface area (Å²) in [6.07, 6.45) is -9.31. The van der Waals surface area contributed by atoms with Gasteiger partial charge in [-0.05, 0) is 13.3 Å². The van der Waals surface area contributed by atoms with Crippen molar-refractivity contribution in [2.75, 3.05) is 0 Å². The standard InChI is InChI=1S/C9H11F7O/c1-3-6(2,9(14,15)16)17-5-4-7(10,11)8(5,12)13/h5H,3-4H2,1-2H3. The molecule has 0 aliphatic heterocycles. The smallest absolute Gasteiger partial charge is 0.356 e. The third-order valence-electron chi connectivity index (χ3n) is 3.01. The van der Waals surface area contributed by atoms with Crippen molar-refractivity contribution in [3.05, 3.63) is 0 Å². The number of alkyl halides is 7. The predicted molar refractivity (Wildman–Crippen MR) is 44.1 cm³/mol. The van der Waals surface area contributed by atoms with Crippen LogP contribution in [0.3, 0.4) is 0 Å². The first-order valence-corrected chi connectivity index (χ1v) is 4.87. The average Bonchev–Trinajstić information content (AvgIpc) is 2.14. The van der Waals surface area contributed by atoms with Crippen molar-refractivity contribution in [1.82, 2.24) is 0 Å². The molecule has 2 unspecified atom stereocenters. The zero-order chi connectivity index (χ0) is 13.7. The molecule has 0 N–H and O–H groups in total. The maximum Gasteiger partial charge on any atom is 0.417 e. The molecule has 0 aromatic rings. The van der Waals surface area contributed by atoms with E-state index in [0.29, 0.717) is 6.92 Å². The average molecular weight is 268 g/mol. The Morgan fingerprint density at radius 3 is 1.88 bits per heavy atom. The van der Waals surface area contributed by atoms with Crippen molar-refractivity contribution >= 4 is 0 Å². The van der Waals surface area contributed by atoms with Crippen molar-refractivity contribution in [1.29, 1.82) is 0 Å². The summed E-state index contributed by atoms with van der Waals surface area (Å²) in [5, 5.41) is 0. The molecule has 0 radical (unpaired) electrons. The van der Waals surface area contributed by atoms with E-state index in [4.69, 9.17) is 0 Å². The predicted octanol–water partition coefficient (Wildman–Crippen LogP) is 3.78. The van der Waals surface area contributed by atoms with Crippen molar-refractivity contribution in [3.63, 3.8) is 0 Å². The Balaban J connectivity index is 2.80. The van der Waals surface area contributed by atoms with E-state index in [0.717, 1.165) is 6.92 Å². The van der Waals surface area contributed by atoms with Gasteiger partial charge >= 0.3 is 18.0 Å². The van der Waals surface area contributed by atoms with Crippen molar-refractivity contribution in [3.8, 4) is 0 Å². The minimum Gasteiger partial charge on any atom is -0.356 e. The number of halogens is 7. The summed E-state index contributed by atoms with van der Waals surface area (Å²) in [5.74, 6) is -8.84. The summed E-state index contributed by atoms with van der Waals surface area (Å²) in [7, 11) is 0. The van der Waals surface area contributed by atoms with Crippen LogP contribution in [0.2, 0.25) is 0 Å². The molecule has 0 saturated heterocycles. The van der Waals surface area contributed by atoms with Crippen LogP contribution in [-0.2, 0) is 4.74 Å². The maximum absolute atomic E-state index is 12.8. The lowest BCUT2D eigenvalue weighted by Crippen LogP contribution is -2.66. The van der Waals surface area contributed by atoms with Crippen LogP contribution in [0.1, 0.15) is 26.7 Å². The molecule has 0 aromatic heterocycles. The summed E-state index contributed by atoms with van der Waals surface area (Å²) in [4.78, 5) is 0. The fourth-order valence-electron chi connectivity index (χ4n) is 1.38. The Labute approximate surface area is 92.9 Å². The largest absolute Gasteiger partial charge is 0.417 e. The van der Waals surface area contributed by atoms with Gasteiger partial charge in [0.15, 0.2) is 5.60 Å². The van der Waals surface area contributed by atoms with Gasteiger partial charge in [-0.1, -0.05) is 6.92 Å². The molecule has 1 aliphatic rings. The molecule has 8 heteroatoms. The topological polar surface area (TPSA) is 9.23 Å². The maximum atomic E-state index is 12.8. The minimum absolute atomic E-state index is 0.569. The van der Waals surface area contributed by atoms with Gasteiger partial charge in [-0.2, -0.15) is 30.7 Å². The number of hydrogen-bond donors (Lipinski definition) is 0. The van der Waals surface area contributed by atoms with Crippen LogP contribution in [0.5, 0.6) is 0 Å². The summed E-state index contributed by atoms with van der Waals surface area (Å²) in [5.41, 5.74) is -2.84. The van der Waals surface area contributed by atoms with Gasteiger partial charge in [0.05, 0.1) is 6.42 Å². The SMILES string of the molecule is CCC(C)(OC1CC(F)(F)C1(F)F)C(F)(F)F. The molecule has 1 aliphatic carbocycles. The third kappa shape index (κ3) is 2.11. The Morgan fingerprint density at radius 2 is 1.65 bits per heavy atom. The highest BCUT2D eigenvalue weighted by molar-refractivity contribution is 5.06. The van der Waals surface area contributed by atoms with Crippen LogP contribution in [0.15, 0.2) is 0 Å². The molecule has 0 aromatic carbocycles. The Bertz CT molecular complexity index is 298. The van der Waals surface area contributed by atoms with E-state index in [1.165, 1.54) is 0 Å². The molecule has 102 valence electrons. The number of rotatable bonds is 3.